The Morgan fingerprint density at radius 3 is 2.43 bits per heavy atom. The minimum absolute atomic E-state index is 0.876. The Balaban J connectivity index is 1.86. The Morgan fingerprint density at radius 1 is 1.04 bits per heavy atom. The van der Waals surface area contributed by atoms with E-state index in [1.165, 1.54) is 10.6 Å². The second-order valence-corrected chi connectivity index (χ2v) is 6.47. The normalized spacial score (nSPS) is 10.9. The molecule has 0 aliphatic heterocycles. The van der Waals surface area contributed by atoms with E-state index >= 15 is 0 Å². The smallest absolute Gasteiger partial charge is 0.142 e. The number of thiophene rings is 1. The van der Waals surface area contributed by atoms with E-state index in [1.54, 1.807) is 17.7 Å². The standard InChI is InChI=1S/C18H22N4S/c1-4-15-11-16-17(19-12-20-18(16)23-15)21-13-7-9-14(10-8-13)22(5-2)6-3/h7-12H,4-6H2,1-3H3,(H,19,20,21). The highest BCUT2D eigenvalue weighted by atomic mass is 32.1. The zero-order valence-corrected chi connectivity index (χ0v) is 14.7. The van der Waals surface area contributed by atoms with Crippen molar-refractivity contribution in [1.82, 2.24) is 9.97 Å². The molecule has 0 saturated heterocycles. The molecule has 1 aromatic carbocycles. The van der Waals surface area contributed by atoms with Gasteiger partial charge < -0.3 is 10.2 Å². The molecule has 0 unspecified atom stereocenters. The van der Waals surface area contributed by atoms with Gasteiger partial charge in [-0.2, -0.15) is 0 Å². The number of hydrogen-bond donors (Lipinski definition) is 1. The highest BCUT2D eigenvalue weighted by Gasteiger charge is 2.08. The molecule has 0 aliphatic rings. The fourth-order valence-corrected chi connectivity index (χ4v) is 3.60. The summed E-state index contributed by atoms with van der Waals surface area (Å²) in [7, 11) is 0. The van der Waals surface area contributed by atoms with E-state index in [4.69, 9.17) is 0 Å². The van der Waals surface area contributed by atoms with Crippen LogP contribution in [0.5, 0.6) is 0 Å². The van der Waals surface area contributed by atoms with Crippen LogP contribution in [0.25, 0.3) is 10.2 Å². The Bertz CT molecular complexity index is 775. The molecule has 1 N–H and O–H groups in total. The monoisotopic (exact) mass is 326 g/mol. The summed E-state index contributed by atoms with van der Waals surface area (Å²) >= 11 is 1.74. The first-order chi connectivity index (χ1) is 11.2. The number of nitrogens with one attached hydrogen (secondary N) is 1. The van der Waals surface area contributed by atoms with Crippen molar-refractivity contribution in [2.75, 3.05) is 23.3 Å². The average Bonchev–Trinajstić information content (AvgIpc) is 3.02. The molecule has 3 aromatic rings. The molecule has 0 fully saturated rings. The second kappa shape index (κ2) is 6.96. The maximum Gasteiger partial charge on any atom is 0.142 e. The van der Waals surface area contributed by atoms with Crippen LogP contribution in [0, 0.1) is 0 Å². The largest absolute Gasteiger partial charge is 0.372 e. The summed E-state index contributed by atoms with van der Waals surface area (Å²) in [5, 5.41) is 4.52. The van der Waals surface area contributed by atoms with E-state index < -0.39 is 0 Å². The van der Waals surface area contributed by atoms with Crippen LogP contribution in [0.1, 0.15) is 25.6 Å². The topological polar surface area (TPSA) is 41.0 Å². The third-order valence-corrected chi connectivity index (χ3v) is 5.17. The van der Waals surface area contributed by atoms with Crippen LogP contribution in [0.15, 0.2) is 36.7 Å². The lowest BCUT2D eigenvalue weighted by Gasteiger charge is -2.21. The summed E-state index contributed by atoms with van der Waals surface area (Å²) in [6.45, 7) is 8.55. The summed E-state index contributed by atoms with van der Waals surface area (Å²) in [6, 6.07) is 10.7. The predicted molar refractivity (Wildman–Crippen MR) is 100 cm³/mol. The van der Waals surface area contributed by atoms with Crippen molar-refractivity contribution < 1.29 is 0 Å². The van der Waals surface area contributed by atoms with Gasteiger partial charge in [-0.15, -0.1) is 11.3 Å². The van der Waals surface area contributed by atoms with Crippen LogP contribution in [-0.2, 0) is 6.42 Å². The van der Waals surface area contributed by atoms with Crippen LogP contribution in [0.2, 0.25) is 0 Å². The first kappa shape index (κ1) is 15.7. The minimum Gasteiger partial charge on any atom is -0.372 e. The van der Waals surface area contributed by atoms with Crippen molar-refractivity contribution in [2.24, 2.45) is 0 Å². The van der Waals surface area contributed by atoms with Gasteiger partial charge in [0.25, 0.3) is 0 Å². The van der Waals surface area contributed by atoms with Gasteiger partial charge >= 0.3 is 0 Å². The quantitative estimate of drug-likeness (QED) is 0.703. The summed E-state index contributed by atoms with van der Waals surface area (Å²) in [5.74, 6) is 0.876. The molecular formula is C18H22N4S. The maximum atomic E-state index is 4.41. The van der Waals surface area contributed by atoms with Gasteiger partial charge in [0.2, 0.25) is 0 Å². The Labute approximate surface area is 141 Å². The van der Waals surface area contributed by atoms with Crippen LogP contribution in [0.3, 0.4) is 0 Å². The highest BCUT2D eigenvalue weighted by molar-refractivity contribution is 7.18. The molecule has 0 amide bonds. The SMILES string of the molecule is CCc1cc2c(Nc3ccc(N(CC)CC)cc3)ncnc2s1. The van der Waals surface area contributed by atoms with Crippen LogP contribution in [-0.4, -0.2) is 23.1 Å². The number of fused-ring (bicyclic) bond motifs is 1. The summed E-state index contributed by atoms with van der Waals surface area (Å²) in [5.41, 5.74) is 2.29. The molecule has 4 nitrogen and oxygen atoms in total. The lowest BCUT2D eigenvalue weighted by molar-refractivity contribution is 0.866. The molecular weight excluding hydrogens is 304 g/mol. The molecule has 2 aromatic heterocycles. The molecule has 5 heteroatoms. The molecule has 3 rings (SSSR count). The Kier molecular flexibility index (Phi) is 4.76. The third-order valence-electron chi connectivity index (χ3n) is 3.99. The van der Waals surface area contributed by atoms with Crippen molar-refractivity contribution >= 4 is 38.7 Å². The summed E-state index contributed by atoms with van der Waals surface area (Å²) < 4.78 is 0. The van der Waals surface area contributed by atoms with E-state index in [0.717, 1.165) is 41.2 Å². The molecule has 0 aliphatic carbocycles. The van der Waals surface area contributed by atoms with Gasteiger partial charge in [0.05, 0.1) is 5.39 Å². The zero-order valence-electron chi connectivity index (χ0n) is 13.8. The van der Waals surface area contributed by atoms with Crippen molar-refractivity contribution in [3.63, 3.8) is 0 Å². The Morgan fingerprint density at radius 2 is 1.78 bits per heavy atom. The number of nitrogens with zero attached hydrogens (tertiary/aromatic N) is 3. The van der Waals surface area contributed by atoms with E-state index in [-0.39, 0.29) is 0 Å². The number of anilines is 3. The van der Waals surface area contributed by atoms with Crippen molar-refractivity contribution in [3.8, 4) is 0 Å². The first-order valence-corrected chi connectivity index (χ1v) is 8.92. The number of hydrogen-bond acceptors (Lipinski definition) is 5. The first-order valence-electron chi connectivity index (χ1n) is 8.10. The van der Waals surface area contributed by atoms with E-state index in [1.807, 2.05) is 0 Å². The molecule has 23 heavy (non-hydrogen) atoms. The summed E-state index contributed by atoms with van der Waals surface area (Å²) in [6.07, 6.45) is 2.66. The number of aromatic nitrogens is 2. The van der Waals surface area contributed by atoms with E-state index in [9.17, 15) is 0 Å². The van der Waals surface area contributed by atoms with Gasteiger partial charge in [-0.25, -0.2) is 9.97 Å². The molecule has 0 radical (unpaired) electrons. The third kappa shape index (κ3) is 3.29. The van der Waals surface area contributed by atoms with Gasteiger partial charge in [0, 0.05) is 29.3 Å². The predicted octanol–water partition coefficient (Wildman–Crippen LogP) is 4.84. The molecule has 0 atom stereocenters. The van der Waals surface area contributed by atoms with E-state index in [0.29, 0.717) is 0 Å². The second-order valence-electron chi connectivity index (χ2n) is 5.35. The fraction of sp³-hybridized carbons (Fsp3) is 0.333. The van der Waals surface area contributed by atoms with Crippen molar-refractivity contribution in [2.45, 2.75) is 27.2 Å². The highest BCUT2D eigenvalue weighted by Crippen LogP contribution is 2.30. The minimum atomic E-state index is 0.876. The molecule has 120 valence electrons. The molecule has 2 heterocycles. The van der Waals surface area contributed by atoms with E-state index in [2.05, 4.69) is 71.3 Å². The fourth-order valence-electron chi connectivity index (χ4n) is 2.66. The van der Waals surface area contributed by atoms with Gasteiger partial charge in [-0.05, 0) is 50.6 Å². The van der Waals surface area contributed by atoms with Crippen molar-refractivity contribution in [3.05, 3.63) is 41.5 Å². The van der Waals surface area contributed by atoms with Crippen molar-refractivity contribution in [1.29, 1.82) is 0 Å². The number of aryl methyl sites for hydroxylation is 1. The average molecular weight is 326 g/mol. The van der Waals surface area contributed by atoms with Gasteiger partial charge in [0.1, 0.15) is 17.0 Å². The van der Waals surface area contributed by atoms with Gasteiger partial charge in [-0.1, -0.05) is 6.92 Å². The maximum absolute atomic E-state index is 4.41. The number of benzene rings is 1. The van der Waals surface area contributed by atoms with Gasteiger partial charge in [0.15, 0.2) is 0 Å². The molecule has 0 bridgehead atoms. The number of rotatable bonds is 6. The summed E-state index contributed by atoms with van der Waals surface area (Å²) in [4.78, 5) is 13.5. The molecule has 0 spiro atoms. The Hall–Kier alpha value is -2.14. The van der Waals surface area contributed by atoms with Crippen LogP contribution < -0.4 is 10.2 Å². The lowest BCUT2D eigenvalue weighted by atomic mass is 10.2. The van der Waals surface area contributed by atoms with Gasteiger partial charge in [-0.3, -0.25) is 0 Å². The van der Waals surface area contributed by atoms with Crippen LogP contribution in [0.4, 0.5) is 17.2 Å². The lowest BCUT2D eigenvalue weighted by Crippen LogP contribution is -2.21. The molecule has 0 saturated carbocycles. The zero-order chi connectivity index (χ0) is 16.2. The van der Waals surface area contributed by atoms with Crippen LogP contribution >= 0.6 is 11.3 Å².